The molecule has 10 nitrogen and oxygen atoms in total. The molecule has 0 atom stereocenters. The number of hydrogen-bond donors (Lipinski definition) is 2. The average molecular weight is 370 g/mol. The SMILES string of the molecule is Cn1cnnc1SCC(=O)NCCNC(=O)CSc1nncn1C. The zero-order valence-electron chi connectivity index (χ0n) is 13.3. The molecule has 0 aliphatic heterocycles. The lowest BCUT2D eigenvalue weighted by Gasteiger charge is -2.07. The molecule has 2 aromatic rings. The number of aromatic nitrogens is 6. The van der Waals surface area contributed by atoms with Crippen LogP contribution in [0.3, 0.4) is 0 Å². The first kappa shape index (κ1) is 18.3. The monoisotopic (exact) mass is 370 g/mol. The first-order valence-electron chi connectivity index (χ1n) is 7.03. The van der Waals surface area contributed by atoms with Gasteiger partial charge in [0.05, 0.1) is 11.5 Å². The Balaban J connectivity index is 1.54. The van der Waals surface area contributed by atoms with Crippen LogP contribution in [0.2, 0.25) is 0 Å². The van der Waals surface area contributed by atoms with Gasteiger partial charge < -0.3 is 19.8 Å². The number of carbonyl (C=O) groups is 2. The molecule has 2 heterocycles. The highest BCUT2D eigenvalue weighted by Gasteiger charge is 2.08. The van der Waals surface area contributed by atoms with Crippen LogP contribution in [0.4, 0.5) is 0 Å². The van der Waals surface area contributed by atoms with E-state index in [4.69, 9.17) is 0 Å². The minimum absolute atomic E-state index is 0.120. The highest BCUT2D eigenvalue weighted by Crippen LogP contribution is 2.12. The van der Waals surface area contributed by atoms with E-state index in [1.54, 1.807) is 21.8 Å². The van der Waals surface area contributed by atoms with Crippen LogP contribution in [0.25, 0.3) is 0 Å². The minimum Gasteiger partial charge on any atom is -0.354 e. The highest BCUT2D eigenvalue weighted by atomic mass is 32.2. The Bertz CT molecular complexity index is 628. The zero-order chi connectivity index (χ0) is 17.4. The van der Waals surface area contributed by atoms with Crippen molar-refractivity contribution in [2.45, 2.75) is 10.3 Å². The van der Waals surface area contributed by atoms with E-state index in [9.17, 15) is 9.59 Å². The lowest BCUT2D eigenvalue weighted by atomic mass is 10.5. The summed E-state index contributed by atoms with van der Waals surface area (Å²) in [5.41, 5.74) is 0. The Morgan fingerprint density at radius 3 is 1.67 bits per heavy atom. The van der Waals surface area contributed by atoms with E-state index >= 15 is 0 Å². The van der Waals surface area contributed by atoms with Crippen molar-refractivity contribution in [3.8, 4) is 0 Å². The Labute approximate surface area is 147 Å². The van der Waals surface area contributed by atoms with Crippen molar-refractivity contribution < 1.29 is 9.59 Å². The summed E-state index contributed by atoms with van der Waals surface area (Å²) in [6.07, 6.45) is 3.16. The van der Waals surface area contributed by atoms with Crippen molar-refractivity contribution in [2.24, 2.45) is 14.1 Å². The van der Waals surface area contributed by atoms with Crippen molar-refractivity contribution in [1.29, 1.82) is 0 Å². The van der Waals surface area contributed by atoms with E-state index in [0.717, 1.165) is 0 Å². The van der Waals surface area contributed by atoms with Gasteiger partial charge in [-0.2, -0.15) is 0 Å². The molecule has 2 rings (SSSR count). The Morgan fingerprint density at radius 2 is 1.33 bits per heavy atom. The molecule has 0 aliphatic rings. The molecule has 0 saturated heterocycles. The number of carbonyl (C=O) groups excluding carboxylic acids is 2. The fourth-order valence-electron chi connectivity index (χ4n) is 1.57. The van der Waals surface area contributed by atoms with Crippen molar-refractivity contribution in [3.63, 3.8) is 0 Å². The number of hydrogen-bond acceptors (Lipinski definition) is 8. The molecule has 2 amide bonds. The van der Waals surface area contributed by atoms with Gasteiger partial charge in [-0.1, -0.05) is 23.5 Å². The molecule has 130 valence electrons. The standard InChI is InChI=1S/C12H18N8O2S2/c1-19-7-15-17-11(19)23-5-9(21)13-3-4-14-10(22)6-24-12-18-16-8-20(12)2/h7-8H,3-6H2,1-2H3,(H,13,21)(H,14,22). The van der Waals surface area contributed by atoms with E-state index in [1.807, 2.05) is 14.1 Å². The molecule has 0 bridgehead atoms. The van der Waals surface area contributed by atoms with Gasteiger partial charge in [0.25, 0.3) is 0 Å². The molecule has 0 spiro atoms. The third-order valence-corrected chi connectivity index (χ3v) is 4.84. The van der Waals surface area contributed by atoms with Gasteiger partial charge in [0, 0.05) is 27.2 Å². The normalized spacial score (nSPS) is 10.6. The van der Waals surface area contributed by atoms with Gasteiger partial charge in [0.15, 0.2) is 10.3 Å². The predicted molar refractivity (Wildman–Crippen MR) is 89.5 cm³/mol. The number of thioether (sulfide) groups is 2. The second-order valence-electron chi connectivity index (χ2n) is 4.73. The molecule has 2 aromatic heterocycles. The predicted octanol–water partition coefficient (Wildman–Crippen LogP) is -0.940. The summed E-state index contributed by atoms with van der Waals surface area (Å²) < 4.78 is 3.49. The van der Waals surface area contributed by atoms with Crippen molar-refractivity contribution >= 4 is 35.3 Å². The number of nitrogens with zero attached hydrogens (tertiary/aromatic N) is 6. The molecule has 2 N–H and O–H groups in total. The lowest BCUT2D eigenvalue weighted by molar-refractivity contribution is -0.120. The van der Waals surface area contributed by atoms with Gasteiger partial charge >= 0.3 is 0 Å². The maximum absolute atomic E-state index is 11.7. The summed E-state index contributed by atoms with van der Waals surface area (Å²) in [6.45, 7) is 0.747. The van der Waals surface area contributed by atoms with Crippen LogP contribution in [0.1, 0.15) is 0 Å². The summed E-state index contributed by atoms with van der Waals surface area (Å²) in [6, 6.07) is 0. The van der Waals surface area contributed by atoms with Gasteiger partial charge in [0.1, 0.15) is 12.7 Å². The number of rotatable bonds is 9. The first-order chi connectivity index (χ1) is 11.6. The summed E-state index contributed by atoms with van der Waals surface area (Å²) in [5, 5.41) is 22.1. The Morgan fingerprint density at radius 1 is 0.917 bits per heavy atom. The van der Waals surface area contributed by atoms with Gasteiger partial charge in [0.2, 0.25) is 11.8 Å². The lowest BCUT2D eigenvalue weighted by Crippen LogP contribution is -2.36. The van der Waals surface area contributed by atoms with E-state index < -0.39 is 0 Å². The highest BCUT2D eigenvalue weighted by molar-refractivity contribution is 8.00. The van der Waals surface area contributed by atoms with Crippen LogP contribution >= 0.6 is 23.5 Å². The number of aryl methyl sites for hydroxylation is 2. The fraction of sp³-hybridized carbons (Fsp3) is 0.500. The summed E-state index contributed by atoms with van der Waals surface area (Å²) >= 11 is 2.61. The summed E-state index contributed by atoms with van der Waals surface area (Å²) in [4.78, 5) is 23.4. The maximum atomic E-state index is 11.7. The third-order valence-electron chi connectivity index (χ3n) is 2.77. The van der Waals surface area contributed by atoms with Crippen LogP contribution in [0.15, 0.2) is 23.0 Å². The van der Waals surface area contributed by atoms with Crippen LogP contribution in [-0.2, 0) is 23.7 Å². The Hall–Kier alpha value is -2.08. The summed E-state index contributed by atoms with van der Waals surface area (Å²) in [5.74, 6) is 0.266. The fourth-order valence-corrected chi connectivity index (χ4v) is 3.01. The summed E-state index contributed by atoms with van der Waals surface area (Å²) in [7, 11) is 3.63. The smallest absolute Gasteiger partial charge is 0.230 e. The molecule has 0 radical (unpaired) electrons. The molecular weight excluding hydrogens is 352 g/mol. The molecule has 12 heteroatoms. The van der Waals surface area contributed by atoms with Crippen LogP contribution in [0, 0.1) is 0 Å². The number of amides is 2. The molecule has 0 aromatic carbocycles. The van der Waals surface area contributed by atoms with E-state index in [2.05, 4.69) is 31.0 Å². The first-order valence-corrected chi connectivity index (χ1v) is 9.00. The second kappa shape index (κ2) is 9.27. The van der Waals surface area contributed by atoms with E-state index in [-0.39, 0.29) is 23.3 Å². The van der Waals surface area contributed by atoms with Crippen molar-refractivity contribution in [1.82, 2.24) is 40.2 Å². The van der Waals surface area contributed by atoms with Crippen LogP contribution in [-0.4, -0.2) is 65.9 Å². The quantitative estimate of drug-likeness (QED) is 0.429. The van der Waals surface area contributed by atoms with Crippen LogP contribution in [0.5, 0.6) is 0 Å². The zero-order valence-corrected chi connectivity index (χ0v) is 14.9. The van der Waals surface area contributed by atoms with Crippen molar-refractivity contribution in [3.05, 3.63) is 12.7 Å². The largest absolute Gasteiger partial charge is 0.354 e. The van der Waals surface area contributed by atoms with E-state index in [0.29, 0.717) is 23.4 Å². The van der Waals surface area contributed by atoms with Crippen LogP contribution < -0.4 is 10.6 Å². The number of nitrogens with one attached hydrogen (secondary N) is 2. The van der Waals surface area contributed by atoms with Gasteiger partial charge in [-0.3, -0.25) is 9.59 Å². The molecule has 0 unspecified atom stereocenters. The topological polar surface area (TPSA) is 120 Å². The van der Waals surface area contributed by atoms with E-state index in [1.165, 1.54) is 23.5 Å². The molecule has 0 saturated carbocycles. The second-order valence-corrected chi connectivity index (χ2v) is 6.61. The van der Waals surface area contributed by atoms with Gasteiger partial charge in [-0.25, -0.2) is 0 Å². The van der Waals surface area contributed by atoms with Gasteiger partial charge in [-0.15, -0.1) is 20.4 Å². The molecular formula is C12H18N8O2S2. The third kappa shape index (κ3) is 5.85. The molecule has 24 heavy (non-hydrogen) atoms. The van der Waals surface area contributed by atoms with Gasteiger partial charge in [-0.05, 0) is 0 Å². The Kier molecular flexibility index (Phi) is 7.06. The maximum Gasteiger partial charge on any atom is 0.230 e. The van der Waals surface area contributed by atoms with Crippen molar-refractivity contribution in [2.75, 3.05) is 24.6 Å². The average Bonchev–Trinajstić information content (AvgIpc) is 3.15. The molecule has 0 aliphatic carbocycles. The molecule has 0 fully saturated rings. The minimum atomic E-state index is -0.120.